The number of aromatic nitrogens is 1. The molecule has 1 aromatic rings. The standard InChI is InChI=1S/C6H2F3IN2O2/c7-2-1-11-6(12(13)14)3(4(2)10)5(8)9/h1,5H. The Morgan fingerprint density at radius 3 is 2.57 bits per heavy atom. The topological polar surface area (TPSA) is 56.0 Å². The lowest BCUT2D eigenvalue weighted by atomic mass is 10.2. The molecular formula is C6H2F3IN2O2. The normalized spacial score (nSPS) is 10.6. The molecule has 0 N–H and O–H groups in total. The van der Waals surface area contributed by atoms with Crippen molar-refractivity contribution in [3.05, 3.63) is 31.3 Å². The molecule has 0 fully saturated rings. The molecule has 0 aliphatic heterocycles. The highest BCUT2D eigenvalue weighted by atomic mass is 127. The summed E-state index contributed by atoms with van der Waals surface area (Å²) in [4.78, 5) is 12.2. The van der Waals surface area contributed by atoms with Crippen molar-refractivity contribution in [3.63, 3.8) is 0 Å². The van der Waals surface area contributed by atoms with Crippen LogP contribution in [-0.2, 0) is 0 Å². The van der Waals surface area contributed by atoms with Gasteiger partial charge >= 0.3 is 5.82 Å². The predicted molar refractivity (Wildman–Crippen MR) is 48.5 cm³/mol. The third kappa shape index (κ3) is 1.94. The van der Waals surface area contributed by atoms with Gasteiger partial charge in [0.25, 0.3) is 6.43 Å². The summed E-state index contributed by atoms with van der Waals surface area (Å²) >= 11 is 1.28. The highest BCUT2D eigenvalue weighted by Gasteiger charge is 2.28. The Balaban J connectivity index is 3.45. The summed E-state index contributed by atoms with van der Waals surface area (Å²) in [6.07, 6.45) is -2.57. The minimum absolute atomic E-state index is 0.473. The summed E-state index contributed by atoms with van der Waals surface area (Å²) in [5.41, 5.74) is -0.976. The molecule has 1 heterocycles. The first-order valence-electron chi connectivity index (χ1n) is 3.21. The van der Waals surface area contributed by atoms with Crippen molar-refractivity contribution in [1.82, 2.24) is 4.98 Å². The zero-order valence-corrected chi connectivity index (χ0v) is 8.53. The first kappa shape index (κ1) is 11.1. The summed E-state index contributed by atoms with van der Waals surface area (Å²) < 4.78 is 36.9. The fourth-order valence-corrected chi connectivity index (χ4v) is 1.43. The zero-order chi connectivity index (χ0) is 10.9. The molecule has 14 heavy (non-hydrogen) atoms. The molecule has 8 heteroatoms. The van der Waals surface area contributed by atoms with Crippen LogP contribution in [0.3, 0.4) is 0 Å². The van der Waals surface area contributed by atoms with Gasteiger partial charge in [-0.15, -0.1) is 0 Å². The number of halogens is 4. The van der Waals surface area contributed by atoms with E-state index in [1.54, 1.807) is 0 Å². The van der Waals surface area contributed by atoms with Gasteiger partial charge in [-0.1, -0.05) is 0 Å². The van der Waals surface area contributed by atoms with Gasteiger partial charge in [-0.25, -0.2) is 13.2 Å². The monoisotopic (exact) mass is 318 g/mol. The van der Waals surface area contributed by atoms with E-state index < -0.39 is 32.1 Å². The third-order valence-corrected chi connectivity index (χ3v) is 2.47. The summed E-state index contributed by atoms with van der Waals surface area (Å²) in [6, 6.07) is 0. The molecule has 0 aliphatic carbocycles. The van der Waals surface area contributed by atoms with Crippen LogP contribution in [0, 0.1) is 19.5 Å². The molecular weight excluding hydrogens is 316 g/mol. The number of nitro groups is 1. The van der Waals surface area contributed by atoms with Crippen LogP contribution < -0.4 is 0 Å². The highest BCUT2D eigenvalue weighted by molar-refractivity contribution is 14.1. The Kier molecular flexibility index (Phi) is 3.24. The molecule has 1 aromatic heterocycles. The van der Waals surface area contributed by atoms with Crippen LogP contribution in [0.4, 0.5) is 19.0 Å². The predicted octanol–water partition coefficient (Wildman–Crippen LogP) is 2.67. The minimum atomic E-state index is -3.12. The summed E-state index contributed by atoms with van der Waals surface area (Å²) in [6.45, 7) is 0. The Bertz CT molecular complexity index is 386. The molecule has 1 rings (SSSR count). The zero-order valence-electron chi connectivity index (χ0n) is 6.38. The van der Waals surface area contributed by atoms with E-state index in [-0.39, 0.29) is 0 Å². The van der Waals surface area contributed by atoms with E-state index in [2.05, 4.69) is 4.98 Å². The highest BCUT2D eigenvalue weighted by Crippen LogP contribution is 2.32. The van der Waals surface area contributed by atoms with E-state index in [9.17, 15) is 23.3 Å². The molecule has 0 bridgehead atoms. The van der Waals surface area contributed by atoms with Gasteiger partial charge in [0, 0.05) is 0 Å². The molecule has 0 aliphatic rings. The van der Waals surface area contributed by atoms with Crippen LogP contribution in [0.1, 0.15) is 12.0 Å². The van der Waals surface area contributed by atoms with Crippen molar-refractivity contribution in [2.75, 3.05) is 0 Å². The Morgan fingerprint density at radius 1 is 1.57 bits per heavy atom. The lowest BCUT2D eigenvalue weighted by Gasteiger charge is -2.03. The quantitative estimate of drug-likeness (QED) is 0.478. The number of alkyl halides is 2. The maximum absolute atomic E-state index is 12.8. The third-order valence-electron chi connectivity index (χ3n) is 1.38. The molecule has 0 radical (unpaired) electrons. The van der Waals surface area contributed by atoms with Crippen molar-refractivity contribution in [2.45, 2.75) is 6.43 Å². The van der Waals surface area contributed by atoms with E-state index in [1.165, 1.54) is 22.6 Å². The number of pyridine rings is 1. The summed E-state index contributed by atoms with van der Waals surface area (Å²) in [5, 5.41) is 10.3. The maximum Gasteiger partial charge on any atom is 0.373 e. The van der Waals surface area contributed by atoms with Crippen LogP contribution in [0.5, 0.6) is 0 Å². The van der Waals surface area contributed by atoms with Crippen LogP contribution in [-0.4, -0.2) is 9.91 Å². The molecule has 0 saturated heterocycles. The van der Waals surface area contributed by atoms with Gasteiger partial charge in [-0.2, -0.15) is 0 Å². The second-order valence-corrected chi connectivity index (χ2v) is 3.29. The lowest BCUT2D eigenvalue weighted by molar-refractivity contribution is -0.391. The second-order valence-electron chi connectivity index (χ2n) is 2.22. The first-order valence-corrected chi connectivity index (χ1v) is 4.29. The Morgan fingerprint density at radius 2 is 2.14 bits per heavy atom. The maximum atomic E-state index is 12.8. The first-order chi connectivity index (χ1) is 6.45. The molecule has 0 saturated carbocycles. The number of hydrogen-bond donors (Lipinski definition) is 0. The van der Waals surface area contributed by atoms with Gasteiger partial charge in [-0.3, -0.25) is 0 Å². The second kappa shape index (κ2) is 4.07. The van der Waals surface area contributed by atoms with Crippen LogP contribution in [0.25, 0.3) is 0 Å². The molecule has 0 unspecified atom stereocenters. The molecule has 0 amide bonds. The fourth-order valence-electron chi connectivity index (χ4n) is 0.810. The van der Waals surface area contributed by atoms with Gasteiger partial charge in [0.05, 0.1) is 3.57 Å². The number of rotatable bonds is 2. The van der Waals surface area contributed by atoms with Gasteiger partial charge < -0.3 is 10.1 Å². The van der Waals surface area contributed by atoms with E-state index in [0.717, 1.165) is 0 Å². The van der Waals surface area contributed by atoms with Crippen molar-refractivity contribution < 1.29 is 18.1 Å². The summed E-state index contributed by atoms with van der Waals surface area (Å²) in [5.74, 6) is -2.00. The average Bonchev–Trinajstić information content (AvgIpc) is 2.08. The SMILES string of the molecule is O=[N+]([O-])c1ncc(F)c(I)c1C(F)F. The average molecular weight is 318 g/mol. The fraction of sp³-hybridized carbons (Fsp3) is 0.167. The van der Waals surface area contributed by atoms with Crippen molar-refractivity contribution in [3.8, 4) is 0 Å². The smallest absolute Gasteiger partial charge is 0.358 e. The Hall–Kier alpha value is -0.930. The lowest BCUT2D eigenvalue weighted by Crippen LogP contribution is -2.03. The largest absolute Gasteiger partial charge is 0.373 e. The van der Waals surface area contributed by atoms with Gasteiger partial charge in [-0.05, 0) is 32.5 Å². The molecule has 0 spiro atoms. The van der Waals surface area contributed by atoms with E-state index in [4.69, 9.17) is 0 Å². The number of nitrogens with zero attached hydrogens (tertiary/aromatic N) is 2. The van der Waals surface area contributed by atoms with E-state index >= 15 is 0 Å². The molecule has 0 atom stereocenters. The molecule has 0 aromatic carbocycles. The van der Waals surface area contributed by atoms with Crippen LogP contribution in [0.2, 0.25) is 0 Å². The van der Waals surface area contributed by atoms with Crippen molar-refractivity contribution in [2.24, 2.45) is 0 Å². The molecule has 4 nitrogen and oxygen atoms in total. The van der Waals surface area contributed by atoms with E-state index in [0.29, 0.717) is 6.20 Å². The van der Waals surface area contributed by atoms with Crippen molar-refractivity contribution >= 4 is 28.4 Å². The van der Waals surface area contributed by atoms with Gasteiger partial charge in [0.15, 0.2) is 12.0 Å². The Labute approximate surface area is 89.4 Å². The van der Waals surface area contributed by atoms with E-state index in [1.807, 2.05) is 0 Å². The van der Waals surface area contributed by atoms with Gasteiger partial charge in [0.2, 0.25) is 0 Å². The number of hydrogen-bond acceptors (Lipinski definition) is 3. The van der Waals surface area contributed by atoms with Crippen molar-refractivity contribution in [1.29, 1.82) is 0 Å². The molecule has 76 valence electrons. The van der Waals surface area contributed by atoms with Crippen LogP contribution in [0.15, 0.2) is 6.20 Å². The van der Waals surface area contributed by atoms with Gasteiger partial charge in [0.1, 0.15) is 5.56 Å². The minimum Gasteiger partial charge on any atom is -0.358 e. The van der Waals surface area contributed by atoms with Crippen LogP contribution >= 0.6 is 22.6 Å². The summed E-state index contributed by atoms with van der Waals surface area (Å²) in [7, 11) is 0.